The summed E-state index contributed by atoms with van der Waals surface area (Å²) >= 11 is 0. The summed E-state index contributed by atoms with van der Waals surface area (Å²) in [5, 5.41) is 7.96. The van der Waals surface area contributed by atoms with Gasteiger partial charge in [0.15, 0.2) is 0 Å². The number of aromatic nitrogens is 2. The van der Waals surface area contributed by atoms with Crippen molar-refractivity contribution in [3.63, 3.8) is 0 Å². The second-order valence-corrected chi connectivity index (χ2v) is 5.15. The molecule has 17 heavy (non-hydrogen) atoms. The summed E-state index contributed by atoms with van der Waals surface area (Å²) < 4.78 is 2.20. The van der Waals surface area contributed by atoms with Gasteiger partial charge in [0.25, 0.3) is 0 Å². The molecule has 0 atom stereocenters. The number of rotatable bonds is 5. The summed E-state index contributed by atoms with van der Waals surface area (Å²) in [5.41, 5.74) is 1.32. The fraction of sp³-hybridized carbons (Fsp3) is 0.786. The van der Waals surface area contributed by atoms with E-state index in [-0.39, 0.29) is 0 Å². The molecule has 0 aromatic carbocycles. The van der Waals surface area contributed by atoms with Crippen LogP contribution in [-0.2, 0) is 6.54 Å². The van der Waals surface area contributed by atoms with Crippen LogP contribution < -0.4 is 5.32 Å². The van der Waals surface area contributed by atoms with E-state index < -0.39 is 0 Å². The van der Waals surface area contributed by atoms with Gasteiger partial charge in [-0.2, -0.15) is 5.10 Å². The van der Waals surface area contributed by atoms with Gasteiger partial charge < -0.3 is 5.32 Å². The van der Waals surface area contributed by atoms with Crippen LogP contribution in [0.3, 0.4) is 0 Å². The predicted molar refractivity (Wildman–Crippen MR) is 71.0 cm³/mol. The molecule has 1 fully saturated rings. The Bertz CT molecular complexity index is 311. The van der Waals surface area contributed by atoms with Gasteiger partial charge >= 0.3 is 0 Å². The summed E-state index contributed by atoms with van der Waals surface area (Å²) in [6.45, 7) is 4.25. The topological polar surface area (TPSA) is 29.9 Å². The van der Waals surface area contributed by atoms with Gasteiger partial charge in [0.2, 0.25) is 0 Å². The van der Waals surface area contributed by atoms with Crippen molar-refractivity contribution < 1.29 is 0 Å². The van der Waals surface area contributed by atoms with E-state index in [1.165, 1.54) is 50.5 Å². The molecule has 1 saturated carbocycles. The number of nitrogens with one attached hydrogen (secondary N) is 1. The first kappa shape index (κ1) is 12.6. The van der Waals surface area contributed by atoms with Crippen LogP contribution in [0.15, 0.2) is 12.4 Å². The zero-order valence-electron chi connectivity index (χ0n) is 11.0. The van der Waals surface area contributed by atoms with Crippen LogP contribution in [0.4, 0.5) is 0 Å². The molecule has 1 aliphatic rings. The molecule has 0 bridgehead atoms. The largest absolute Gasteiger partial charge is 0.313 e. The molecule has 0 saturated heterocycles. The first-order valence-corrected chi connectivity index (χ1v) is 7.14. The Labute approximate surface area is 105 Å². The standard InChI is InChI=1S/C14H25N3/c1-2-9-15-10-13-11-16-17(12-13)14-7-5-3-4-6-8-14/h11-12,14-15H,2-10H2,1H3. The van der Waals surface area contributed by atoms with Crippen LogP contribution in [0.5, 0.6) is 0 Å². The lowest BCUT2D eigenvalue weighted by atomic mass is 10.1. The third kappa shape index (κ3) is 3.84. The number of hydrogen-bond acceptors (Lipinski definition) is 2. The average molecular weight is 235 g/mol. The Morgan fingerprint density at radius 1 is 1.29 bits per heavy atom. The van der Waals surface area contributed by atoms with E-state index in [0.717, 1.165) is 13.1 Å². The van der Waals surface area contributed by atoms with Gasteiger partial charge in [0.05, 0.1) is 12.2 Å². The van der Waals surface area contributed by atoms with Crippen LogP contribution in [0.25, 0.3) is 0 Å². The van der Waals surface area contributed by atoms with Crippen LogP contribution in [-0.4, -0.2) is 16.3 Å². The van der Waals surface area contributed by atoms with Gasteiger partial charge in [-0.3, -0.25) is 4.68 Å². The second kappa shape index (κ2) is 6.80. The smallest absolute Gasteiger partial charge is 0.0534 e. The lowest BCUT2D eigenvalue weighted by molar-refractivity contribution is 0.405. The Kier molecular flexibility index (Phi) is 5.05. The molecule has 1 aromatic heterocycles. The summed E-state index contributed by atoms with van der Waals surface area (Å²) in [4.78, 5) is 0. The summed E-state index contributed by atoms with van der Waals surface area (Å²) in [5.74, 6) is 0. The molecule has 1 aromatic rings. The minimum atomic E-state index is 0.650. The SMILES string of the molecule is CCCNCc1cnn(C2CCCCCC2)c1. The lowest BCUT2D eigenvalue weighted by Gasteiger charge is -2.14. The number of hydrogen-bond donors (Lipinski definition) is 1. The normalized spacial score (nSPS) is 18.2. The van der Waals surface area contributed by atoms with E-state index >= 15 is 0 Å². The van der Waals surface area contributed by atoms with Crippen molar-refractivity contribution in [2.24, 2.45) is 0 Å². The van der Waals surface area contributed by atoms with Crippen molar-refractivity contribution >= 4 is 0 Å². The van der Waals surface area contributed by atoms with E-state index in [0.29, 0.717) is 6.04 Å². The average Bonchev–Trinajstić information content (AvgIpc) is 2.64. The van der Waals surface area contributed by atoms with E-state index in [9.17, 15) is 0 Å². The van der Waals surface area contributed by atoms with Crippen LogP contribution in [0.2, 0.25) is 0 Å². The molecule has 0 spiro atoms. The summed E-state index contributed by atoms with van der Waals surface area (Å²) in [7, 11) is 0. The highest BCUT2D eigenvalue weighted by atomic mass is 15.3. The fourth-order valence-electron chi connectivity index (χ4n) is 2.60. The zero-order valence-corrected chi connectivity index (χ0v) is 11.0. The molecular weight excluding hydrogens is 210 g/mol. The molecule has 0 unspecified atom stereocenters. The van der Waals surface area contributed by atoms with E-state index in [1.807, 2.05) is 6.20 Å². The van der Waals surface area contributed by atoms with Gasteiger partial charge in [-0.1, -0.05) is 32.6 Å². The first-order chi connectivity index (χ1) is 8.40. The monoisotopic (exact) mass is 235 g/mol. The van der Waals surface area contributed by atoms with Crippen LogP contribution >= 0.6 is 0 Å². The first-order valence-electron chi connectivity index (χ1n) is 7.14. The van der Waals surface area contributed by atoms with Crippen LogP contribution in [0, 0.1) is 0 Å². The lowest BCUT2D eigenvalue weighted by Crippen LogP contribution is -2.13. The minimum Gasteiger partial charge on any atom is -0.313 e. The molecule has 3 nitrogen and oxygen atoms in total. The molecule has 3 heteroatoms. The van der Waals surface area contributed by atoms with Gasteiger partial charge in [0.1, 0.15) is 0 Å². The maximum atomic E-state index is 4.54. The third-order valence-electron chi connectivity index (χ3n) is 3.61. The van der Waals surface area contributed by atoms with E-state index in [1.54, 1.807) is 0 Å². The van der Waals surface area contributed by atoms with Crippen molar-refractivity contribution in [3.05, 3.63) is 18.0 Å². The van der Waals surface area contributed by atoms with Crippen molar-refractivity contribution in [3.8, 4) is 0 Å². The van der Waals surface area contributed by atoms with Gasteiger partial charge in [-0.05, 0) is 25.8 Å². The highest BCUT2D eigenvalue weighted by Gasteiger charge is 2.14. The molecule has 0 radical (unpaired) electrons. The zero-order chi connectivity index (χ0) is 11.9. The van der Waals surface area contributed by atoms with Gasteiger partial charge in [-0.25, -0.2) is 0 Å². The molecule has 2 rings (SSSR count). The van der Waals surface area contributed by atoms with Crippen molar-refractivity contribution in [1.82, 2.24) is 15.1 Å². The third-order valence-corrected chi connectivity index (χ3v) is 3.61. The second-order valence-electron chi connectivity index (χ2n) is 5.15. The Morgan fingerprint density at radius 2 is 2.06 bits per heavy atom. The quantitative estimate of drug-likeness (QED) is 0.627. The highest BCUT2D eigenvalue weighted by Crippen LogP contribution is 2.26. The summed E-state index contributed by atoms with van der Waals surface area (Å²) in [6, 6.07) is 0.650. The van der Waals surface area contributed by atoms with Crippen molar-refractivity contribution in [2.75, 3.05) is 6.54 Å². The molecule has 0 amide bonds. The Hall–Kier alpha value is -0.830. The van der Waals surface area contributed by atoms with E-state index in [4.69, 9.17) is 0 Å². The molecular formula is C14H25N3. The molecule has 96 valence electrons. The van der Waals surface area contributed by atoms with Crippen molar-refractivity contribution in [1.29, 1.82) is 0 Å². The Balaban J connectivity index is 1.87. The fourth-order valence-corrected chi connectivity index (χ4v) is 2.60. The predicted octanol–water partition coefficient (Wildman–Crippen LogP) is 3.28. The van der Waals surface area contributed by atoms with Gasteiger partial charge in [0, 0.05) is 18.3 Å². The van der Waals surface area contributed by atoms with E-state index in [2.05, 4.69) is 28.2 Å². The molecule has 0 aliphatic heterocycles. The maximum absolute atomic E-state index is 4.54. The highest BCUT2D eigenvalue weighted by molar-refractivity contribution is 5.04. The molecule has 1 N–H and O–H groups in total. The molecule has 1 aliphatic carbocycles. The number of nitrogens with zero attached hydrogens (tertiary/aromatic N) is 2. The van der Waals surface area contributed by atoms with Crippen LogP contribution in [0.1, 0.15) is 63.5 Å². The minimum absolute atomic E-state index is 0.650. The van der Waals surface area contributed by atoms with Crippen molar-refractivity contribution in [2.45, 2.75) is 64.5 Å². The maximum Gasteiger partial charge on any atom is 0.0534 e. The molecule has 1 heterocycles. The Morgan fingerprint density at radius 3 is 2.76 bits per heavy atom. The van der Waals surface area contributed by atoms with Gasteiger partial charge in [-0.15, -0.1) is 0 Å². The summed E-state index contributed by atoms with van der Waals surface area (Å²) in [6.07, 6.45) is 13.6.